The first kappa shape index (κ1) is 23.1. The molecule has 2 aromatic rings. The van der Waals surface area contributed by atoms with Crippen molar-refractivity contribution in [2.45, 2.75) is 13.0 Å². The smallest absolute Gasteiger partial charge is 0.335 e. The summed E-state index contributed by atoms with van der Waals surface area (Å²) in [5, 5.41) is 13.3. The molecule has 1 aliphatic rings. The number of imide groups is 2. The molecular weight excluding hydrogens is 463 g/mol. The Kier molecular flexibility index (Phi) is 6.71. The van der Waals surface area contributed by atoms with E-state index in [1.807, 2.05) is 0 Å². The Morgan fingerprint density at radius 1 is 1.12 bits per heavy atom. The van der Waals surface area contributed by atoms with Crippen LogP contribution in [-0.4, -0.2) is 37.0 Å². The van der Waals surface area contributed by atoms with E-state index < -0.39 is 29.9 Å². The lowest BCUT2D eigenvalue weighted by Crippen LogP contribution is -2.54. The van der Waals surface area contributed by atoms with Gasteiger partial charge in [0, 0.05) is 5.02 Å². The first-order chi connectivity index (χ1) is 15.1. The molecule has 9 nitrogen and oxygen atoms in total. The predicted molar refractivity (Wildman–Crippen MR) is 114 cm³/mol. The Morgan fingerprint density at radius 3 is 2.47 bits per heavy atom. The molecule has 0 radical (unpaired) electrons. The van der Waals surface area contributed by atoms with E-state index in [1.165, 1.54) is 56.5 Å². The lowest BCUT2D eigenvalue weighted by Gasteiger charge is -2.27. The van der Waals surface area contributed by atoms with Crippen LogP contribution in [0.5, 0.6) is 11.5 Å². The van der Waals surface area contributed by atoms with E-state index in [4.69, 9.17) is 32.7 Å². The number of ether oxygens (including phenoxy) is 2. The summed E-state index contributed by atoms with van der Waals surface area (Å²) >= 11 is 12.0. The molecule has 11 heteroatoms. The van der Waals surface area contributed by atoms with Crippen molar-refractivity contribution in [3.8, 4) is 11.5 Å². The van der Waals surface area contributed by atoms with Gasteiger partial charge in [0.2, 0.25) is 0 Å². The summed E-state index contributed by atoms with van der Waals surface area (Å²) in [5.41, 5.74) is 0.0642. The van der Waals surface area contributed by atoms with Gasteiger partial charge < -0.3 is 19.4 Å². The standard InChI is InChI=1S/C21H16Cl2N2O7/c1-10(20(28)29)32-16-6-3-11(8-17(16)31-2)7-13-18(26)24-21(30)25(19(13)27)15-5-4-12(22)9-14(15)23/h3-10H,1-2H3,(H,28,29)(H,24,26,30)/p-1/b13-7+/t10-/m1/s1. The number of halogens is 2. The van der Waals surface area contributed by atoms with Crippen molar-refractivity contribution >= 4 is 58.8 Å². The summed E-state index contributed by atoms with van der Waals surface area (Å²) in [6.07, 6.45) is 0.0116. The molecule has 0 aromatic heterocycles. The molecule has 4 amide bonds. The summed E-state index contributed by atoms with van der Waals surface area (Å²) in [5.74, 6) is -2.92. The van der Waals surface area contributed by atoms with Crippen LogP contribution in [0.15, 0.2) is 42.0 Å². The number of methoxy groups -OCH3 is 1. The SMILES string of the molecule is COc1cc(/C=C2\C(=O)NC(=O)N(c3ccc(Cl)cc3Cl)C2=O)ccc1O[C@H](C)C(=O)[O-]. The van der Waals surface area contributed by atoms with Gasteiger partial charge in [0.05, 0.1) is 23.8 Å². The maximum atomic E-state index is 13.0. The molecule has 2 aromatic carbocycles. The number of amides is 4. The van der Waals surface area contributed by atoms with Crippen LogP contribution in [0.1, 0.15) is 12.5 Å². The summed E-state index contributed by atoms with van der Waals surface area (Å²) < 4.78 is 10.5. The van der Waals surface area contributed by atoms with E-state index in [-0.39, 0.29) is 27.8 Å². The highest BCUT2D eigenvalue weighted by Crippen LogP contribution is 2.33. The molecular formula is C21H15Cl2N2O7-. The number of carbonyl (C=O) groups excluding carboxylic acids is 4. The number of urea groups is 1. The van der Waals surface area contributed by atoms with Crippen molar-refractivity contribution in [3.05, 3.63) is 57.6 Å². The highest BCUT2D eigenvalue weighted by Gasteiger charge is 2.37. The fourth-order valence-electron chi connectivity index (χ4n) is 2.82. The molecule has 1 fully saturated rings. The lowest BCUT2D eigenvalue weighted by atomic mass is 10.1. The van der Waals surface area contributed by atoms with E-state index in [0.29, 0.717) is 10.6 Å². The van der Waals surface area contributed by atoms with Gasteiger partial charge in [-0.3, -0.25) is 14.9 Å². The normalized spacial score (nSPS) is 16.1. The Balaban J connectivity index is 1.97. The average molecular weight is 478 g/mol. The minimum absolute atomic E-state index is 0.0416. The number of hydrogen-bond donors (Lipinski definition) is 1. The van der Waals surface area contributed by atoms with Crippen LogP contribution in [0, 0.1) is 0 Å². The van der Waals surface area contributed by atoms with Gasteiger partial charge in [0.25, 0.3) is 11.8 Å². The molecule has 0 saturated carbocycles. The third-order valence-corrected chi connectivity index (χ3v) is 4.92. The van der Waals surface area contributed by atoms with E-state index in [1.54, 1.807) is 0 Å². The molecule has 1 saturated heterocycles. The molecule has 1 atom stereocenters. The zero-order chi connectivity index (χ0) is 23.6. The summed E-state index contributed by atoms with van der Waals surface area (Å²) in [6.45, 7) is 1.29. The van der Waals surface area contributed by atoms with Crippen LogP contribution in [0.2, 0.25) is 10.0 Å². The Bertz CT molecular complexity index is 1160. The zero-order valence-electron chi connectivity index (χ0n) is 16.7. The number of carbonyl (C=O) groups is 4. The molecule has 3 rings (SSSR count). The molecule has 0 bridgehead atoms. The number of carboxylic acids is 1. The minimum Gasteiger partial charge on any atom is -0.546 e. The fraction of sp³-hybridized carbons (Fsp3) is 0.143. The highest BCUT2D eigenvalue weighted by atomic mass is 35.5. The van der Waals surface area contributed by atoms with Crippen LogP contribution in [0.25, 0.3) is 6.08 Å². The number of nitrogens with zero attached hydrogens (tertiary/aromatic N) is 1. The van der Waals surface area contributed by atoms with Gasteiger partial charge in [0.15, 0.2) is 11.5 Å². The second kappa shape index (κ2) is 9.29. The zero-order valence-corrected chi connectivity index (χ0v) is 18.2. The van der Waals surface area contributed by atoms with Crippen molar-refractivity contribution < 1.29 is 33.8 Å². The fourth-order valence-corrected chi connectivity index (χ4v) is 3.31. The predicted octanol–water partition coefficient (Wildman–Crippen LogP) is 2.19. The summed E-state index contributed by atoms with van der Waals surface area (Å²) in [6, 6.07) is 7.54. The van der Waals surface area contributed by atoms with Gasteiger partial charge in [-0.05, 0) is 48.9 Å². The molecule has 0 aliphatic carbocycles. The first-order valence-corrected chi connectivity index (χ1v) is 9.80. The summed E-state index contributed by atoms with van der Waals surface area (Å²) in [4.78, 5) is 49.3. The van der Waals surface area contributed by atoms with E-state index in [0.717, 1.165) is 4.90 Å². The van der Waals surface area contributed by atoms with E-state index in [9.17, 15) is 24.3 Å². The van der Waals surface area contributed by atoms with Crippen molar-refractivity contribution in [1.29, 1.82) is 0 Å². The molecule has 166 valence electrons. The number of anilines is 1. The monoisotopic (exact) mass is 477 g/mol. The molecule has 1 heterocycles. The Labute approximate surface area is 192 Å². The molecule has 0 spiro atoms. The first-order valence-electron chi connectivity index (χ1n) is 9.04. The number of nitrogens with one attached hydrogen (secondary N) is 1. The van der Waals surface area contributed by atoms with Gasteiger partial charge in [-0.2, -0.15) is 0 Å². The van der Waals surface area contributed by atoms with Gasteiger partial charge >= 0.3 is 6.03 Å². The second-order valence-corrected chi connectivity index (χ2v) is 7.39. The van der Waals surface area contributed by atoms with Crippen LogP contribution < -0.4 is 24.8 Å². The number of benzene rings is 2. The second-order valence-electron chi connectivity index (χ2n) is 6.54. The van der Waals surface area contributed by atoms with Crippen LogP contribution in [0.3, 0.4) is 0 Å². The molecule has 1 aliphatic heterocycles. The van der Waals surface area contributed by atoms with Gasteiger partial charge in [0.1, 0.15) is 11.7 Å². The minimum atomic E-state index is -1.41. The van der Waals surface area contributed by atoms with Gasteiger partial charge in [-0.15, -0.1) is 0 Å². The molecule has 1 N–H and O–H groups in total. The Morgan fingerprint density at radius 2 is 1.84 bits per heavy atom. The van der Waals surface area contributed by atoms with Crippen LogP contribution in [-0.2, 0) is 14.4 Å². The largest absolute Gasteiger partial charge is 0.546 e. The molecule has 32 heavy (non-hydrogen) atoms. The van der Waals surface area contributed by atoms with Gasteiger partial charge in [-0.1, -0.05) is 29.3 Å². The van der Waals surface area contributed by atoms with Gasteiger partial charge in [-0.25, -0.2) is 9.69 Å². The lowest BCUT2D eigenvalue weighted by molar-refractivity contribution is -0.312. The third kappa shape index (κ3) is 4.68. The topological polar surface area (TPSA) is 125 Å². The van der Waals surface area contributed by atoms with Crippen molar-refractivity contribution in [3.63, 3.8) is 0 Å². The Hall–Kier alpha value is -3.56. The molecule has 0 unspecified atom stereocenters. The maximum absolute atomic E-state index is 13.0. The van der Waals surface area contributed by atoms with E-state index >= 15 is 0 Å². The van der Waals surface area contributed by atoms with Crippen LogP contribution >= 0.6 is 23.2 Å². The van der Waals surface area contributed by atoms with Crippen LogP contribution in [0.4, 0.5) is 10.5 Å². The van der Waals surface area contributed by atoms with Crippen molar-refractivity contribution in [2.24, 2.45) is 0 Å². The highest BCUT2D eigenvalue weighted by molar-refractivity contribution is 6.42. The third-order valence-electron chi connectivity index (χ3n) is 4.39. The van der Waals surface area contributed by atoms with E-state index in [2.05, 4.69) is 5.32 Å². The number of carboxylic acid groups (broad SMARTS) is 1. The van der Waals surface area contributed by atoms with Crippen molar-refractivity contribution in [2.75, 3.05) is 12.0 Å². The number of aliphatic carboxylic acids is 1. The maximum Gasteiger partial charge on any atom is 0.335 e. The number of barbiturate groups is 1. The van der Waals surface area contributed by atoms with Crippen molar-refractivity contribution in [1.82, 2.24) is 5.32 Å². The number of rotatable bonds is 6. The number of hydrogen-bond acceptors (Lipinski definition) is 7. The summed E-state index contributed by atoms with van der Waals surface area (Å²) in [7, 11) is 1.34. The average Bonchev–Trinajstić information content (AvgIpc) is 2.73. The quantitative estimate of drug-likeness (QED) is 0.499.